The highest BCUT2D eigenvalue weighted by Crippen LogP contribution is 2.23. The summed E-state index contributed by atoms with van der Waals surface area (Å²) in [5.41, 5.74) is 1.24. The third-order valence-electron chi connectivity index (χ3n) is 2.62. The zero-order valence-electron chi connectivity index (χ0n) is 10.0. The van der Waals surface area contributed by atoms with Gasteiger partial charge in [0, 0.05) is 4.47 Å². The first kappa shape index (κ1) is 14.0. The van der Waals surface area contributed by atoms with Crippen LogP contribution >= 0.6 is 27.5 Å². The molecule has 0 bridgehead atoms. The Morgan fingerprint density at radius 1 is 1.32 bits per heavy atom. The fourth-order valence-electron chi connectivity index (χ4n) is 1.60. The van der Waals surface area contributed by atoms with Crippen molar-refractivity contribution in [3.63, 3.8) is 0 Å². The van der Waals surface area contributed by atoms with Gasteiger partial charge in [0.05, 0.1) is 16.3 Å². The molecule has 0 spiro atoms. The van der Waals surface area contributed by atoms with E-state index in [0.717, 1.165) is 5.56 Å². The Labute approximate surface area is 123 Å². The average Bonchev–Trinajstić information content (AvgIpc) is 2.36. The molecular weight excluding hydrogens is 333 g/mol. The quantitative estimate of drug-likeness (QED) is 0.834. The molecule has 2 aromatic rings. The second-order valence-electron chi connectivity index (χ2n) is 4.01. The fraction of sp³-hybridized carbons (Fsp3) is 0.0714. The lowest BCUT2D eigenvalue weighted by molar-refractivity contribution is 0.102. The van der Waals surface area contributed by atoms with Crippen LogP contribution in [-0.4, -0.2) is 5.91 Å². The van der Waals surface area contributed by atoms with Crippen LogP contribution in [0.5, 0.6) is 0 Å². The summed E-state index contributed by atoms with van der Waals surface area (Å²) < 4.78 is 14.2. The van der Waals surface area contributed by atoms with Gasteiger partial charge >= 0.3 is 0 Å². The normalized spacial score (nSPS) is 10.3. The molecule has 1 amide bonds. The highest BCUT2D eigenvalue weighted by Gasteiger charge is 2.13. The van der Waals surface area contributed by atoms with Crippen molar-refractivity contribution in [2.24, 2.45) is 0 Å². The van der Waals surface area contributed by atoms with Crippen molar-refractivity contribution in [2.45, 2.75) is 6.92 Å². The van der Waals surface area contributed by atoms with Gasteiger partial charge in [-0.05, 0) is 36.8 Å². The number of amides is 1. The summed E-state index contributed by atoms with van der Waals surface area (Å²) >= 11 is 9.21. The molecule has 0 aliphatic carbocycles. The topological polar surface area (TPSA) is 29.1 Å². The van der Waals surface area contributed by atoms with Crippen molar-refractivity contribution in [3.8, 4) is 0 Å². The minimum atomic E-state index is -0.508. The van der Waals surface area contributed by atoms with Crippen molar-refractivity contribution in [3.05, 3.63) is 62.8 Å². The van der Waals surface area contributed by atoms with Crippen molar-refractivity contribution in [1.82, 2.24) is 0 Å². The van der Waals surface area contributed by atoms with Crippen molar-refractivity contribution in [2.75, 3.05) is 5.32 Å². The molecule has 5 heteroatoms. The average molecular weight is 343 g/mol. The third-order valence-corrected chi connectivity index (χ3v) is 3.61. The van der Waals surface area contributed by atoms with Gasteiger partial charge in [0.15, 0.2) is 0 Å². The summed E-state index contributed by atoms with van der Waals surface area (Å²) in [6, 6.07) is 9.56. The molecule has 0 aromatic heterocycles. The van der Waals surface area contributed by atoms with Crippen LogP contribution in [0.4, 0.5) is 10.1 Å². The number of carbonyl (C=O) groups excluding carboxylic acids is 1. The first-order chi connectivity index (χ1) is 8.99. The van der Waals surface area contributed by atoms with E-state index in [1.807, 2.05) is 0 Å². The van der Waals surface area contributed by atoms with Crippen LogP contribution < -0.4 is 5.32 Å². The van der Waals surface area contributed by atoms with Gasteiger partial charge in [-0.3, -0.25) is 4.79 Å². The Morgan fingerprint density at radius 3 is 2.74 bits per heavy atom. The summed E-state index contributed by atoms with van der Waals surface area (Å²) in [6.07, 6.45) is 0. The Bertz CT molecular complexity index is 645. The molecular formula is C14H10BrClFNO. The van der Waals surface area contributed by atoms with E-state index in [1.54, 1.807) is 31.2 Å². The highest BCUT2D eigenvalue weighted by atomic mass is 79.9. The van der Waals surface area contributed by atoms with Crippen LogP contribution in [0.2, 0.25) is 5.02 Å². The first-order valence-electron chi connectivity index (χ1n) is 5.50. The lowest BCUT2D eigenvalue weighted by atomic mass is 10.1. The predicted octanol–water partition coefficient (Wildman–Crippen LogP) is 4.80. The number of carbonyl (C=O) groups is 1. The van der Waals surface area contributed by atoms with Gasteiger partial charge in [-0.2, -0.15) is 0 Å². The summed E-state index contributed by atoms with van der Waals surface area (Å²) in [5.74, 6) is -0.943. The number of aryl methyl sites for hydroxylation is 1. The molecule has 98 valence electrons. The molecule has 0 aliphatic rings. The maximum absolute atomic E-state index is 13.6. The van der Waals surface area contributed by atoms with Gasteiger partial charge < -0.3 is 5.32 Å². The Balaban J connectivity index is 2.28. The van der Waals surface area contributed by atoms with Crippen molar-refractivity contribution >= 4 is 39.1 Å². The summed E-state index contributed by atoms with van der Waals surface area (Å²) in [4.78, 5) is 12.1. The maximum atomic E-state index is 13.6. The lowest BCUT2D eigenvalue weighted by Gasteiger charge is -2.09. The first-order valence-corrected chi connectivity index (χ1v) is 6.67. The molecule has 0 aliphatic heterocycles. The van der Waals surface area contributed by atoms with E-state index >= 15 is 0 Å². The summed E-state index contributed by atoms with van der Waals surface area (Å²) in [5, 5.41) is 2.88. The van der Waals surface area contributed by atoms with Crippen LogP contribution in [0.3, 0.4) is 0 Å². The standard InChI is InChI=1S/C14H10BrClFNO/c1-8-3-2-4-10(13(8)16)14(19)18-12-6-5-9(15)7-11(12)17/h2-7H,1H3,(H,18,19). The molecule has 0 saturated carbocycles. The Morgan fingerprint density at radius 2 is 2.05 bits per heavy atom. The minimum absolute atomic E-state index is 0.116. The number of benzene rings is 2. The van der Waals surface area contributed by atoms with Crippen LogP contribution in [0, 0.1) is 12.7 Å². The number of anilines is 1. The number of rotatable bonds is 2. The van der Waals surface area contributed by atoms with E-state index in [9.17, 15) is 9.18 Å². The Kier molecular flexibility index (Phi) is 4.22. The largest absolute Gasteiger partial charge is 0.319 e. The van der Waals surface area contributed by atoms with Crippen molar-refractivity contribution in [1.29, 1.82) is 0 Å². The van der Waals surface area contributed by atoms with E-state index in [2.05, 4.69) is 21.2 Å². The molecule has 0 heterocycles. The molecule has 0 unspecified atom stereocenters. The second kappa shape index (κ2) is 5.72. The van der Waals surface area contributed by atoms with Gasteiger partial charge in [0.1, 0.15) is 5.82 Å². The van der Waals surface area contributed by atoms with E-state index in [4.69, 9.17) is 11.6 Å². The van der Waals surface area contributed by atoms with E-state index in [-0.39, 0.29) is 5.69 Å². The molecule has 1 N–H and O–H groups in total. The van der Waals surface area contributed by atoms with Gasteiger partial charge in [-0.25, -0.2) is 4.39 Å². The monoisotopic (exact) mass is 341 g/mol. The predicted molar refractivity (Wildman–Crippen MR) is 78.2 cm³/mol. The van der Waals surface area contributed by atoms with E-state index < -0.39 is 11.7 Å². The number of halogens is 3. The maximum Gasteiger partial charge on any atom is 0.257 e. The molecule has 0 fully saturated rings. The van der Waals surface area contributed by atoms with Gasteiger partial charge in [0.25, 0.3) is 5.91 Å². The summed E-state index contributed by atoms with van der Waals surface area (Å²) in [7, 11) is 0. The van der Waals surface area contributed by atoms with Gasteiger partial charge in [-0.1, -0.05) is 39.7 Å². The van der Waals surface area contributed by atoms with Crippen LogP contribution in [0.15, 0.2) is 40.9 Å². The number of hydrogen-bond acceptors (Lipinski definition) is 1. The molecule has 19 heavy (non-hydrogen) atoms. The van der Waals surface area contributed by atoms with Crippen LogP contribution in [-0.2, 0) is 0 Å². The zero-order chi connectivity index (χ0) is 14.0. The van der Waals surface area contributed by atoms with E-state index in [0.29, 0.717) is 15.1 Å². The highest BCUT2D eigenvalue weighted by molar-refractivity contribution is 9.10. The van der Waals surface area contributed by atoms with Crippen LogP contribution in [0.25, 0.3) is 0 Å². The molecule has 0 saturated heterocycles. The van der Waals surface area contributed by atoms with E-state index in [1.165, 1.54) is 12.1 Å². The third kappa shape index (κ3) is 3.14. The zero-order valence-corrected chi connectivity index (χ0v) is 12.3. The molecule has 2 aromatic carbocycles. The number of nitrogens with one attached hydrogen (secondary N) is 1. The minimum Gasteiger partial charge on any atom is -0.319 e. The number of hydrogen-bond donors (Lipinski definition) is 1. The second-order valence-corrected chi connectivity index (χ2v) is 5.31. The van der Waals surface area contributed by atoms with Gasteiger partial charge in [-0.15, -0.1) is 0 Å². The molecule has 2 nitrogen and oxygen atoms in total. The smallest absolute Gasteiger partial charge is 0.257 e. The van der Waals surface area contributed by atoms with Crippen molar-refractivity contribution < 1.29 is 9.18 Å². The molecule has 0 atom stereocenters. The van der Waals surface area contributed by atoms with Gasteiger partial charge in [0.2, 0.25) is 0 Å². The molecule has 2 rings (SSSR count). The summed E-state index contributed by atoms with van der Waals surface area (Å²) in [6.45, 7) is 1.80. The molecule has 0 radical (unpaired) electrons. The Hall–Kier alpha value is -1.39. The van der Waals surface area contributed by atoms with Crippen LogP contribution in [0.1, 0.15) is 15.9 Å². The fourth-order valence-corrected chi connectivity index (χ4v) is 2.15. The SMILES string of the molecule is Cc1cccc(C(=O)Nc2ccc(Br)cc2F)c1Cl. The lowest BCUT2D eigenvalue weighted by Crippen LogP contribution is -2.13.